The fraction of sp³-hybridized carbons (Fsp3) is 0.136. The van der Waals surface area contributed by atoms with E-state index < -0.39 is 6.10 Å². The van der Waals surface area contributed by atoms with Crippen LogP contribution < -0.4 is 9.47 Å². The van der Waals surface area contributed by atoms with Gasteiger partial charge in [-0.1, -0.05) is 42.5 Å². The number of ether oxygens (including phenoxy) is 2. The number of hydrogen-bond donors (Lipinski definition) is 0. The second-order valence-corrected chi connectivity index (χ2v) is 6.19. The van der Waals surface area contributed by atoms with Crippen LogP contribution in [0.15, 0.2) is 72.8 Å². The Morgan fingerprint density at radius 3 is 2.69 bits per heavy atom. The molecule has 3 nitrogen and oxygen atoms in total. The maximum atomic E-state index is 13.3. The maximum absolute atomic E-state index is 13.3. The van der Waals surface area contributed by atoms with Gasteiger partial charge in [0.05, 0.1) is 12.0 Å². The van der Waals surface area contributed by atoms with Crippen LogP contribution in [0.25, 0.3) is 0 Å². The van der Waals surface area contributed by atoms with Crippen molar-refractivity contribution in [3.8, 4) is 11.5 Å². The van der Waals surface area contributed by atoms with Gasteiger partial charge in [0, 0.05) is 5.56 Å². The molecule has 0 saturated carbocycles. The Balaban J connectivity index is 1.57. The fourth-order valence-corrected chi connectivity index (χ4v) is 3.11. The summed E-state index contributed by atoms with van der Waals surface area (Å²) in [6.45, 7) is 0.242. The SMILES string of the molecule is O=C1CC(c2ccccc2OCc2cccc(F)c2)Oc2ccccc21. The van der Waals surface area contributed by atoms with Gasteiger partial charge in [-0.2, -0.15) is 0 Å². The third-order valence-electron chi connectivity index (χ3n) is 4.38. The first-order valence-corrected chi connectivity index (χ1v) is 8.46. The van der Waals surface area contributed by atoms with E-state index >= 15 is 0 Å². The van der Waals surface area contributed by atoms with E-state index in [0.29, 0.717) is 17.1 Å². The van der Waals surface area contributed by atoms with Crippen molar-refractivity contribution in [1.29, 1.82) is 0 Å². The van der Waals surface area contributed by atoms with Gasteiger partial charge >= 0.3 is 0 Å². The van der Waals surface area contributed by atoms with E-state index in [2.05, 4.69) is 0 Å². The zero-order valence-corrected chi connectivity index (χ0v) is 14.0. The highest BCUT2D eigenvalue weighted by Crippen LogP contribution is 2.38. The lowest BCUT2D eigenvalue weighted by atomic mass is 9.96. The van der Waals surface area contributed by atoms with Crippen LogP contribution >= 0.6 is 0 Å². The average Bonchev–Trinajstić information content (AvgIpc) is 2.67. The summed E-state index contributed by atoms with van der Waals surface area (Å²) < 4.78 is 25.3. The van der Waals surface area contributed by atoms with Gasteiger partial charge < -0.3 is 9.47 Å². The largest absolute Gasteiger partial charge is 0.488 e. The first-order valence-electron chi connectivity index (χ1n) is 8.46. The molecule has 26 heavy (non-hydrogen) atoms. The number of hydrogen-bond acceptors (Lipinski definition) is 3. The third kappa shape index (κ3) is 3.31. The topological polar surface area (TPSA) is 35.5 Å². The van der Waals surface area contributed by atoms with Crippen molar-refractivity contribution in [2.45, 2.75) is 19.1 Å². The molecule has 1 heterocycles. The molecule has 3 aromatic carbocycles. The van der Waals surface area contributed by atoms with Crippen LogP contribution in [0.4, 0.5) is 4.39 Å². The van der Waals surface area contributed by atoms with Gasteiger partial charge in [-0.25, -0.2) is 4.39 Å². The van der Waals surface area contributed by atoms with Crippen molar-refractivity contribution >= 4 is 5.78 Å². The van der Waals surface area contributed by atoms with Crippen LogP contribution in [-0.2, 0) is 6.61 Å². The molecular formula is C22H17FO3. The van der Waals surface area contributed by atoms with Crippen molar-refractivity contribution in [3.05, 3.63) is 95.3 Å². The molecule has 1 atom stereocenters. The Hall–Kier alpha value is -3.14. The molecule has 0 aliphatic carbocycles. The second kappa shape index (κ2) is 7.00. The molecule has 4 heteroatoms. The van der Waals surface area contributed by atoms with Crippen LogP contribution in [0.2, 0.25) is 0 Å². The molecule has 1 unspecified atom stereocenters. The molecule has 0 radical (unpaired) electrons. The van der Waals surface area contributed by atoms with Crippen LogP contribution in [0.1, 0.15) is 34.0 Å². The van der Waals surface area contributed by atoms with E-state index in [0.717, 1.165) is 11.1 Å². The van der Waals surface area contributed by atoms with Gasteiger partial charge in [0.1, 0.15) is 30.0 Å². The average molecular weight is 348 g/mol. The quantitative estimate of drug-likeness (QED) is 0.657. The summed E-state index contributed by atoms with van der Waals surface area (Å²) in [5.74, 6) is 0.983. The van der Waals surface area contributed by atoms with Crippen molar-refractivity contribution in [2.24, 2.45) is 0 Å². The molecule has 130 valence electrons. The zero-order valence-electron chi connectivity index (χ0n) is 14.0. The summed E-state index contributed by atoms with van der Waals surface area (Å²) in [5.41, 5.74) is 2.17. The normalized spacial score (nSPS) is 15.9. The smallest absolute Gasteiger partial charge is 0.170 e. The summed E-state index contributed by atoms with van der Waals surface area (Å²) >= 11 is 0. The number of benzene rings is 3. The Morgan fingerprint density at radius 2 is 1.81 bits per heavy atom. The first kappa shape index (κ1) is 16.3. The maximum Gasteiger partial charge on any atom is 0.170 e. The van der Waals surface area contributed by atoms with E-state index in [1.807, 2.05) is 42.5 Å². The van der Waals surface area contributed by atoms with Gasteiger partial charge in [-0.3, -0.25) is 4.79 Å². The zero-order chi connectivity index (χ0) is 17.9. The lowest BCUT2D eigenvalue weighted by Crippen LogP contribution is -2.20. The van der Waals surface area contributed by atoms with Crippen LogP contribution in [0.5, 0.6) is 11.5 Å². The number of carbonyl (C=O) groups is 1. The van der Waals surface area contributed by atoms with Gasteiger partial charge in [-0.15, -0.1) is 0 Å². The highest BCUT2D eigenvalue weighted by atomic mass is 19.1. The molecule has 3 aromatic rings. The lowest BCUT2D eigenvalue weighted by molar-refractivity contribution is 0.0845. The minimum Gasteiger partial charge on any atom is -0.488 e. The second-order valence-electron chi connectivity index (χ2n) is 6.19. The standard InChI is InChI=1S/C22H17FO3/c23-16-7-5-6-15(12-16)14-25-20-10-3-2-9-18(20)22-13-19(24)17-8-1-4-11-21(17)26-22/h1-12,22H,13-14H2. The Kier molecular flexibility index (Phi) is 4.40. The Bertz CT molecular complexity index is 951. The van der Waals surface area contributed by atoms with Crippen molar-refractivity contribution in [3.63, 3.8) is 0 Å². The van der Waals surface area contributed by atoms with Crippen LogP contribution in [0, 0.1) is 5.82 Å². The molecule has 0 bridgehead atoms. The monoisotopic (exact) mass is 348 g/mol. The molecule has 0 fully saturated rings. The number of halogens is 1. The summed E-state index contributed by atoms with van der Waals surface area (Å²) in [4.78, 5) is 12.4. The van der Waals surface area contributed by atoms with Gasteiger partial charge in [0.25, 0.3) is 0 Å². The number of rotatable bonds is 4. The first-order chi connectivity index (χ1) is 12.7. The summed E-state index contributed by atoms with van der Waals surface area (Å²) in [5, 5.41) is 0. The molecule has 1 aliphatic rings. The van der Waals surface area contributed by atoms with Gasteiger partial charge in [0.15, 0.2) is 5.78 Å². The number of Topliss-reactive ketones (excluding diaryl/α,β-unsaturated/α-hetero) is 1. The van der Waals surface area contributed by atoms with E-state index in [4.69, 9.17) is 9.47 Å². The lowest BCUT2D eigenvalue weighted by Gasteiger charge is -2.26. The van der Waals surface area contributed by atoms with E-state index in [9.17, 15) is 9.18 Å². The van der Waals surface area contributed by atoms with E-state index in [1.165, 1.54) is 12.1 Å². The van der Waals surface area contributed by atoms with Crippen molar-refractivity contribution < 1.29 is 18.7 Å². The molecule has 0 amide bonds. The van der Waals surface area contributed by atoms with Crippen molar-refractivity contribution in [2.75, 3.05) is 0 Å². The fourth-order valence-electron chi connectivity index (χ4n) is 3.11. The van der Waals surface area contributed by atoms with E-state index in [1.54, 1.807) is 18.2 Å². The number of fused-ring (bicyclic) bond motifs is 1. The molecule has 0 aromatic heterocycles. The number of carbonyl (C=O) groups excluding carboxylic acids is 1. The predicted molar refractivity (Wildman–Crippen MR) is 95.9 cm³/mol. The predicted octanol–water partition coefficient (Wildman–Crippen LogP) is 5.11. The molecule has 1 aliphatic heterocycles. The number of ketones is 1. The summed E-state index contributed by atoms with van der Waals surface area (Å²) in [6, 6.07) is 21.0. The summed E-state index contributed by atoms with van der Waals surface area (Å²) in [6.07, 6.45) is -0.140. The molecule has 4 rings (SSSR count). The van der Waals surface area contributed by atoms with Gasteiger partial charge in [0.2, 0.25) is 0 Å². The Morgan fingerprint density at radius 1 is 1.00 bits per heavy atom. The molecule has 0 spiro atoms. The highest BCUT2D eigenvalue weighted by Gasteiger charge is 2.29. The molecule has 0 N–H and O–H groups in total. The highest BCUT2D eigenvalue weighted by molar-refractivity contribution is 6.00. The molecule has 0 saturated heterocycles. The minimum absolute atomic E-state index is 0.0526. The van der Waals surface area contributed by atoms with Gasteiger partial charge in [-0.05, 0) is 35.9 Å². The Labute approximate surface area is 151 Å². The van der Waals surface area contributed by atoms with E-state index in [-0.39, 0.29) is 24.6 Å². The minimum atomic E-state index is -0.402. The molecular weight excluding hydrogens is 331 g/mol. The third-order valence-corrected chi connectivity index (χ3v) is 4.38. The summed E-state index contributed by atoms with van der Waals surface area (Å²) in [7, 11) is 0. The van der Waals surface area contributed by atoms with Crippen molar-refractivity contribution in [1.82, 2.24) is 0 Å². The van der Waals surface area contributed by atoms with Crippen LogP contribution in [-0.4, -0.2) is 5.78 Å². The van der Waals surface area contributed by atoms with Crippen LogP contribution in [0.3, 0.4) is 0 Å². The number of para-hydroxylation sites is 2.